The average Bonchev–Trinajstić information content (AvgIpc) is 1.99. The molecule has 0 saturated carbocycles. The van der Waals surface area contributed by atoms with Gasteiger partial charge in [0.15, 0.2) is 0 Å². The van der Waals surface area contributed by atoms with Crippen molar-refractivity contribution in [3.05, 3.63) is 35.8 Å². The third-order valence-corrected chi connectivity index (χ3v) is 2.00. The molecule has 10 heavy (non-hydrogen) atoms. The summed E-state index contributed by atoms with van der Waals surface area (Å²) in [6.45, 7) is 9.36. The van der Waals surface area contributed by atoms with Gasteiger partial charge >= 0.3 is 0 Å². The van der Waals surface area contributed by atoms with Crippen LogP contribution in [0.25, 0.3) is 0 Å². The summed E-state index contributed by atoms with van der Waals surface area (Å²) in [6.07, 6.45) is 3.64. The molecule has 0 aliphatic heterocycles. The molecule has 0 fully saturated rings. The minimum absolute atomic E-state index is 1.12. The van der Waals surface area contributed by atoms with Crippen molar-refractivity contribution < 1.29 is 0 Å². The van der Waals surface area contributed by atoms with E-state index in [4.69, 9.17) is 0 Å². The van der Waals surface area contributed by atoms with E-state index < -0.39 is 0 Å². The highest BCUT2D eigenvalue weighted by Gasteiger charge is 1.92. The molecule has 1 nitrogen and oxygen atoms in total. The van der Waals surface area contributed by atoms with Crippen LogP contribution in [-0.2, 0) is 0 Å². The lowest BCUT2D eigenvalue weighted by molar-refractivity contribution is 1.30. The van der Waals surface area contributed by atoms with Gasteiger partial charge in [-0.2, -0.15) is 0 Å². The Bertz CT molecular complexity index is 159. The first kappa shape index (κ1) is 9.53. The van der Waals surface area contributed by atoms with Crippen LogP contribution < -0.4 is 4.72 Å². The molecule has 0 rings (SSSR count). The predicted molar refractivity (Wildman–Crippen MR) is 49.7 cm³/mol. The second-order valence-electron chi connectivity index (χ2n) is 1.76. The van der Waals surface area contributed by atoms with E-state index in [1.807, 2.05) is 26.1 Å². The molecular formula is C8H13NS. The van der Waals surface area contributed by atoms with Crippen molar-refractivity contribution in [1.82, 2.24) is 4.72 Å². The van der Waals surface area contributed by atoms with E-state index in [1.54, 1.807) is 11.9 Å². The third kappa shape index (κ3) is 2.90. The average molecular weight is 155 g/mol. The maximum Gasteiger partial charge on any atom is 0.0251 e. The maximum atomic E-state index is 3.68. The quantitative estimate of drug-likeness (QED) is 0.494. The Kier molecular flexibility index (Phi) is 5.08. The van der Waals surface area contributed by atoms with Crippen LogP contribution in [0, 0.1) is 0 Å². The molecule has 56 valence electrons. The van der Waals surface area contributed by atoms with Crippen LogP contribution in [-0.4, -0.2) is 7.05 Å². The van der Waals surface area contributed by atoms with Gasteiger partial charge in [0.2, 0.25) is 0 Å². The van der Waals surface area contributed by atoms with Gasteiger partial charge in [-0.3, -0.25) is 4.72 Å². The monoisotopic (exact) mass is 155 g/mol. The van der Waals surface area contributed by atoms with Gasteiger partial charge in [-0.05, 0) is 31.5 Å². The van der Waals surface area contributed by atoms with E-state index in [9.17, 15) is 0 Å². The lowest BCUT2D eigenvalue weighted by atomic mass is 10.3. The van der Waals surface area contributed by atoms with E-state index >= 15 is 0 Å². The zero-order chi connectivity index (χ0) is 7.98. The Morgan fingerprint density at radius 2 is 2.00 bits per heavy atom. The first-order chi connectivity index (χ1) is 4.76. The summed E-state index contributed by atoms with van der Waals surface area (Å²) < 4.78 is 2.97. The largest absolute Gasteiger partial charge is 0.263 e. The second-order valence-corrected chi connectivity index (χ2v) is 2.81. The fraction of sp³-hybridized carbons (Fsp3) is 0.250. The molecule has 0 radical (unpaired) electrons. The summed E-state index contributed by atoms with van der Waals surface area (Å²) in [7, 11) is 1.88. The molecule has 0 aliphatic carbocycles. The molecule has 0 heterocycles. The Balaban J connectivity index is 4.28. The fourth-order valence-corrected chi connectivity index (χ4v) is 1.04. The number of nitrogens with one attached hydrogen (secondary N) is 1. The Hall–Kier alpha value is -0.470. The zero-order valence-electron chi connectivity index (χ0n) is 6.48. The van der Waals surface area contributed by atoms with Gasteiger partial charge in [0, 0.05) is 4.91 Å². The van der Waals surface area contributed by atoms with E-state index in [1.165, 1.54) is 0 Å². The van der Waals surface area contributed by atoms with Crippen molar-refractivity contribution in [2.75, 3.05) is 7.05 Å². The number of rotatable bonds is 4. The van der Waals surface area contributed by atoms with E-state index in [0.29, 0.717) is 0 Å². The summed E-state index contributed by atoms with van der Waals surface area (Å²) in [5.74, 6) is 0. The van der Waals surface area contributed by atoms with Crippen molar-refractivity contribution in [3.63, 3.8) is 0 Å². The van der Waals surface area contributed by atoms with Gasteiger partial charge in [0.25, 0.3) is 0 Å². The fourth-order valence-electron chi connectivity index (χ4n) is 0.494. The highest BCUT2D eigenvalue weighted by molar-refractivity contribution is 8.01. The lowest BCUT2D eigenvalue weighted by Crippen LogP contribution is -1.92. The van der Waals surface area contributed by atoms with Crippen molar-refractivity contribution >= 4 is 11.9 Å². The molecule has 0 bridgehead atoms. The Morgan fingerprint density at radius 3 is 2.30 bits per heavy atom. The molecule has 0 aromatic heterocycles. The van der Waals surface area contributed by atoms with E-state index in [2.05, 4.69) is 17.9 Å². The topological polar surface area (TPSA) is 12.0 Å². The number of hydrogen-bond acceptors (Lipinski definition) is 2. The third-order valence-electron chi connectivity index (χ3n) is 1.09. The summed E-state index contributed by atoms with van der Waals surface area (Å²) in [6, 6.07) is 0. The number of allylic oxidation sites excluding steroid dienone is 3. The van der Waals surface area contributed by atoms with Gasteiger partial charge in [-0.1, -0.05) is 25.3 Å². The maximum absolute atomic E-state index is 3.68. The summed E-state index contributed by atoms with van der Waals surface area (Å²) >= 11 is 1.55. The standard InChI is InChI=1S/C8H13NS/c1-5-7(3)8(6-2)10-9-4/h5-6,9H,1-2H2,3-4H3/b8-7+. The molecule has 0 amide bonds. The first-order valence-corrected chi connectivity index (χ1v) is 3.87. The molecule has 0 aliphatic rings. The molecule has 0 aromatic carbocycles. The minimum atomic E-state index is 1.12. The molecular weight excluding hydrogens is 142 g/mol. The molecule has 0 unspecified atom stereocenters. The number of hydrogen-bond donors (Lipinski definition) is 1. The van der Waals surface area contributed by atoms with Crippen LogP contribution in [0.5, 0.6) is 0 Å². The molecule has 0 saturated heterocycles. The summed E-state index contributed by atoms with van der Waals surface area (Å²) in [5, 5.41) is 0. The minimum Gasteiger partial charge on any atom is -0.263 e. The molecule has 0 atom stereocenters. The first-order valence-electron chi connectivity index (χ1n) is 3.05. The van der Waals surface area contributed by atoms with Gasteiger partial charge in [0.05, 0.1) is 0 Å². The van der Waals surface area contributed by atoms with E-state index in [-0.39, 0.29) is 0 Å². The second kappa shape index (κ2) is 5.33. The Labute approximate surface area is 67.0 Å². The van der Waals surface area contributed by atoms with Gasteiger partial charge in [-0.15, -0.1) is 0 Å². The Morgan fingerprint density at radius 1 is 1.40 bits per heavy atom. The summed E-state index contributed by atoms with van der Waals surface area (Å²) in [5.41, 5.74) is 1.15. The van der Waals surface area contributed by atoms with Gasteiger partial charge in [-0.25, -0.2) is 0 Å². The molecule has 2 heteroatoms. The van der Waals surface area contributed by atoms with Crippen molar-refractivity contribution in [2.45, 2.75) is 6.92 Å². The van der Waals surface area contributed by atoms with Crippen LogP contribution in [0.3, 0.4) is 0 Å². The van der Waals surface area contributed by atoms with Crippen LogP contribution in [0.4, 0.5) is 0 Å². The van der Waals surface area contributed by atoms with Crippen LogP contribution in [0.1, 0.15) is 6.92 Å². The van der Waals surface area contributed by atoms with Gasteiger partial charge in [0.1, 0.15) is 0 Å². The highest BCUT2D eigenvalue weighted by atomic mass is 32.2. The van der Waals surface area contributed by atoms with Crippen molar-refractivity contribution in [2.24, 2.45) is 0 Å². The zero-order valence-corrected chi connectivity index (χ0v) is 7.29. The highest BCUT2D eigenvalue weighted by Crippen LogP contribution is 2.17. The van der Waals surface area contributed by atoms with Crippen LogP contribution >= 0.6 is 11.9 Å². The van der Waals surface area contributed by atoms with Gasteiger partial charge < -0.3 is 0 Å². The lowest BCUT2D eigenvalue weighted by Gasteiger charge is -2.01. The molecule has 1 N–H and O–H groups in total. The van der Waals surface area contributed by atoms with E-state index in [0.717, 1.165) is 10.5 Å². The smallest absolute Gasteiger partial charge is 0.0251 e. The normalized spacial score (nSPS) is 12.2. The van der Waals surface area contributed by atoms with Crippen molar-refractivity contribution in [1.29, 1.82) is 0 Å². The SMILES string of the molecule is C=C/C(C)=C(\C=C)SNC. The molecule has 0 spiro atoms. The summed E-state index contributed by atoms with van der Waals surface area (Å²) in [4.78, 5) is 1.12. The van der Waals surface area contributed by atoms with Crippen LogP contribution in [0.15, 0.2) is 35.8 Å². The predicted octanol–water partition coefficient (Wildman–Crippen LogP) is 2.50. The molecule has 0 aromatic rings. The van der Waals surface area contributed by atoms with Crippen molar-refractivity contribution in [3.8, 4) is 0 Å². The van der Waals surface area contributed by atoms with Crippen LogP contribution in [0.2, 0.25) is 0 Å².